The van der Waals surface area contributed by atoms with Crippen LogP contribution >= 0.6 is 0 Å². The van der Waals surface area contributed by atoms with Crippen LogP contribution in [0.2, 0.25) is 0 Å². The number of phenolic OH excluding ortho intramolecular Hbond substituents is 2. The number of hydrogen-bond acceptors (Lipinski definition) is 5. The van der Waals surface area contributed by atoms with Crippen molar-refractivity contribution < 1.29 is 24.9 Å². The summed E-state index contributed by atoms with van der Waals surface area (Å²) in [6, 6.07) is 10.4. The van der Waals surface area contributed by atoms with Gasteiger partial charge in [0.05, 0.1) is 7.11 Å². The summed E-state index contributed by atoms with van der Waals surface area (Å²) in [7, 11) is 1.40. The first-order valence-corrected chi connectivity index (χ1v) is 6.37. The molecule has 0 saturated carbocycles. The molecule has 0 unspecified atom stereocenters. The van der Waals surface area contributed by atoms with E-state index in [2.05, 4.69) is 0 Å². The number of phenols is 2. The fourth-order valence-corrected chi connectivity index (χ4v) is 2.01. The average molecular weight is 288 g/mol. The molecule has 1 atom stereocenters. The number of benzene rings is 2. The number of Topliss-reactive ketones (excluding diaryl/α,β-unsaturated/α-hetero) is 1. The third kappa shape index (κ3) is 3.52. The van der Waals surface area contributed by atoms with Crippen molar-refractivity contribution >= 4 is 5.78 Å². The number of aliphatic hydroxyl groups excluding tert-OH is 1. The molecule has 0 aliphatic rings. The van der Waals surface area contributed by atoms with Gasteiger partial charge in [0.15, 0.2) is 5.78 Å². The van der Waals surface area contributed by atoms with Crippen LogP contribution in [0.15, 0.2) is 42.5 Å². The van der Waals surface area contributed by atoms with Crippen molar-refractivity contribution in [1.29, 1.82) is 0 Å². The Morgan fingerprint density at radius 2 is 1.71 bits per heavy atom. The number of carbonyl (C=O) groups is 1. The van der Waals surface area contributed by atoms with Crippen molar-refractivity contribution in [3.05, 3.63) is 53.6 Å². The Hall–Kier alpha value is -2.53. The van der Waals surface area contributed by atoms with Crippen LogP contribution in [0, 0.1) is 0 Å². The van der Waals surface area contributed by atoms with Crippen LogP contribution in [0.3, 0.4) is 0 Å². The zero-order valence-corrected chi connectivity index (χ0v) is 11.5. The van der Waals surface area contributed by atoms with Crippen LogP contribution in [0.4, 0.5) is 0 Å². The maximum atomic E-state index is 12.1. The van der Waals surface area contributed by atoms with Crippen molar-refractivity contribution in [2.45, 2.75) is 12.5 Å². The van der Waals surface area contributed by atoms with E-state index in [-0.39, 0.29) is 23.7 Å². The highest BCUT2D eigenvalue weighted by Gasteiger charge is 2.21. The highest BCUT2D eigenvalue weighted by molar-refractivity contribution is 5.86. The van der Waals surface area contributed by atoms with Gasteiger partial charge in [0, 0.05) is 18.1 Å². The van der Waals surface area contributed by atoms with Gasteiger partial charge in [-0.15, -0.1) is 0 Å². The molecule has 110 valence electrons. The molecule has 0 bridgehead atoms. The lowest BCUT2D eigenvalue weighted by Gasteiger charge is -2.14. The summed E-state index contributed by atoms with van der Waals surface area (Å²) in [4.78, 5) is 12.1. The zero-order valence-electron chi connectivity index (χ0n) is 11.5. The lowest BCUT2D eigenvalue weighted by Crippen LogP contribution is -2.15. The Labute approximate surface area is 122 Å². The van der Waals surface area contributed by atoms with Gasteiger partial charge in [0.1, 0.15) is 23.4 Å². The van der Waals surface area contributed by atoms with E-state index >= 15 is 0 Å². The SMILES string of the molecule is COc1cc(O)ccc1[C@@H](O)C(=O)Cc1ccc(O)cc1. The number of ether oxygens (including phenoxy) is 1. The first kappa shape index (κ1) is 14.9. The Bertz CT molecular complexity index is 634. The fraction of sp³-hybridized carbons (Fsp3) is 0.188. The summed E-state index contributed by atoms with van der Waals surface area (Å²) in [5.74, 6) is -0.0352. The summed E-state index contributed by atoms with van der Waals surface area (Å²) >= 11 is 0. The molecule has 2 aromatic rings. The Morgan fingerprint density at radius 1 is 1.10 bits per heavy atom. The van der Waals surface area contributed by atoms with E-state index in [9.17, 15) is 20.1 Å². The maximum Gasteiger partial charge on any atom is 0.170 e. The number of methoxy groups -OCH3 is 1. The molecule has 0 fully saturated rings. The van der Waals surface area contributed by atoms with Crippen molar-refractivity contribution in [1.82, 2.24) is 0 Å². The minimum Gasteiger partial charge on any atom is -0.508 e. The summed E-state index contributed by atoms with van der Waals surface area (Å²) < 4.78 is 5.06. The molecule has 0 aliphatic heterocycles. The first-order chi connectivity index (χ1) is 10.0. The quantitative estimate of drug-likeness (QED) is 0.783. The number of carbonyl (C=O) groups excluding carboxylic acids is 1. The van der Waals surface area contributed by atoms with Crippen molar-refractivity contribution in [2.75, 3.05) is 7.11 Å². The van der Waals surface area contributed by atoms with Crippen molar-refractivity contribution in [2.24, 2.45) is 0 Å². The van der Waals surface area contributed by atoms with Gasteiger partial charge in [0.2, 0.25) is 0 Å². The Balaban J connectivity index is 2.17. The van der Waals surface area contributed by atoms with E-state index in [0.29, 0.717) is 11.1 Å². The van der Waals surface area contributed by atoms with Crippen LogP contribution in [0.5, 0.6) is 17.2 Å². The number of rotatable bonds is 5. The standard InChI is InChI=1S/C16H16O5/c1-21-15-9-12(18)6-7-13(15)16(20)14(19)8-10-2-4-11(17)5-3-10/h2-7,9,16-18,20H,8H2,1H3/t16-/m1/s1. The molecular weight excluding hydrogens is 272 g/mol. The highest BCUT2D eigenvalue weighted by atomic mass is 16.5. The van der Waals surface area contributed by atoms with E-state index in [1.165, 1.54) is 37.4 Å². The molecule has 0 saturated heterocycles. The van der Waals surface area contributed by atoms with Crippen LogP contribution in [0.25, 0.3) is 0 Å². The second kappa shape index (κ2) is 6.28. The molecule has 0 amide bonds. The van der Waals surface area contributed by atoms with Crippen LogP contribution in [-0.2, 0) is 11.2 Å². The predicted molar refractivity (Wildman–Crippen MR) is 76.4 cm³/mol. The fourth-order valence-electron chi connectivity index (χ4n) is 2.01. The Kier molecular flexibility index (Phi) is 4.45. The molecule has 0 heterocycles. The Morgan fingerprint density at radius 3 is 2.33 bits per heavy atom. The molecule has 3 N–H and O–H groups in total. The molecule has 0 radical (unpaired) electrons. The van der Waals surface area contributed by atoms with E-state index in [0.717, 1.165) is 0 Å². The van der Waals surface area contributed by atoms with Crippen molar-refractivity contribution in [3.8, 4) is 17.2 Å². The van der Waals surface area contributed by atoms with Crippen molar-refractivity contribution in [3.63, 3.8) is 0 Å². The molecular formula is C16H16O5. The predicted octanol–water partition coefficient (Wildman–Crippen LogP) is 1.95. The van der Waals surface area contributed by atoms with E-state index in [1.54, 1.807) is 12.1 Å². The normalized spacial score (nSPS) is 11.9. The van der Waals surface area contributed by atoms with Gasteiger partial charge in [0.25, 0.3) is 0 Å². The second-order valence-electron chi connectivity index (χ2n) is 4.64. The van der Waals surface area contributed by atoms with Gasteiger partial charge < -0.3 is 20.1 Å². The molecule has 0 aliphatic carbocycles. The first-order valence-electron chi connectivity index (χ1n) is 6.37. The van der Waals surface area contributed by atoms with Gasteiger partial charge in [-0.1, -0.05) is 12.1 Å². The summed E-state index contributed by atoms with van der Waals surface area (Å²) in [6.07, 6.45) is -1.31. The van der Waals surface area contributed by atoms with Gasteiger partial charge in [-0.25, -0.2) is 0 Å². The third-order valence-electron chi connectivity index (χ3n) is 3.13. The number of aliphatic hydroxyl groups is 1. The minimum absolute atomic E-state index is 0.00576. The lowest BCUT2D eigenvalue weighted by atomic mass is 9.99. The smallest absolute Gasteiger partial charge is 0.170 e. The lowest BCUT2D eigenvalue weighted by molar-refractivity contribution is -0.126. The molecule has 2 aromatic carbocycles. The molecule has 0 aromatic heterocycles. The molecule has 0 spiro atoms. The monoisotopic (exact) mass is 288 g/mol. The van der Waals surface area contributed by atoms with Crippen LogP contribution in [0.1, 0.15) is 17.2 Å². The van der Waals surface area contributed by atoms with Gasteiger partial charge >= 0.3 is 0 Å². The summed E-state index contributed by atoms with van der Waals surface area (Å²) in [5.41, 5.74) is 0.994. The van der Waals surface area contributed by atoms with Gasteiger partial charge in [-0.3, -0.25) is 4.79 Å². The van der Waals surface area contributed by atoms with Crippen LogP contribution < -0.4 is 4.74 Å². The maximum absolute atomic E-state index is 12.1. The number of ketones is 1. The molecule has 2 rings (SSSR count). The zero-order chi connectivity index (χ0) is 15.4. The molecule has 5 heteroatoms. The van der Waals surface area contributed by atoms with Crippen LogP contribution in [-0.4, -0.2) is 28.2 Å². The summed E-state index contributed by atoms with van der Waals surface area (Å²) in [5, 5.41) is 28.7. The highest BCUT2D eigenvalue weighted by Crippen LogP contribution is 2.30. The van der Waals surface area contributed by atoms with Gasteiger partial charge in [-0.2, -0.15) is 0 Å². The second-order valence-corrected chi connectivity index (χ2v) is 4.64. The minimum atomic E-state index is -1.34. The van der Waals surface area contributed by atoms with E-state index in [1.807, 2.05) is 0 Å². The number of aromatic hydroxyl groups is 2. The third-order valence-corrected chi connectivity index (χ3v) is 3.13. The largest absolute Gasteiger partial charge is 0.508 e. The molecule has 5 nitrogen and oxygen atoms in total. The van der Waals surface area contributed by atoms with E-state index < -0.39 is 11.9 Å². The topological polar surface area (TPSA) is 87.0 Å². The molecule has 21 heavy (non-hydrogen) atoms. The van der Waals surface area contributed by atoms with Gasteiger partial charge in [-0.05, 0) is 29.8 Å². The van der Waals surface area contributed by atoms with E-state index in [4.69, 9.17) is 4.74 Å². The number of hydrogen-bond donors (Lipinski definition) is 3. The summed E-state index contributed by atoms with van der Waals surface area (Å²) in [6.45, 7) is 0. The average Bonchev–Trinajstić information content (AvgIpc) is 2.48.